The highest BCUT2D eigenvalue weighted by molar-refractivity contribution is 5.95. The fourth-order valence-electron chi connectivity index (χ4n) is 2.55. The van der Waals surface area contributed by atoms with Crippen LogP contribution in [0.25, 0.3) is 11.3 Å². The van der Waals surface area contributed by atoms with Gasteiger partial charge in [0, 0.05) is 23.2 Å². The Morgan fingerprint density at radius 3 is 2.54 bits per heavy atom. The molecule has 0 fully saturated rings. The quantitative estimate of drug-likeness (QED) is 0.657. The van der Waals surface area contributed by atoms with Gasteiger partial charge in [-0.3, -0.25) is 4.79 Å². The average molecular weight is 377 g/mol. The standard InChI is InChI=1S/C22H23N3O3/c1-4-15(2)25-22(26)17-7-5-6-16(12-17)20-13-21(24-14-23-20)28-19-10-8-18(27-3)9-11-19/h5-15H,4H2,1-3H3,(H,25,26)/t15-/m0/s1. The van der Waals surface area contributed by atoms with Gasteiger partial charge in [-0.25, -0.2) is 9.97 Å². The van der Waals surface area contributed by atoms with Crippen molar-refractivity contribution >= 4 is 5.91 Å². The zero-order chi connectivity index (χ0) is 19.9. The van der Waals surface area contributed by atoms with E-state index in [1.165, 1.54) is 6.33 Å². The minimum absolute atomic E-state index is 0.0973. The summed E-state index contributed by atoms with van der Waals surface area (Å²) in [4.78, 5) is 20.9. The van der Waals surface area contributed by atoms with Crippen molar-refractivity contribution in [2.75, 3.05) is 7.11 Å². The van der Waals surface area contributed by atoms with Crippen molar-refractivity contribution in [3.8, 4) is 28.6 Å². The van der Waals surface area contributed by atoms with Crippen molar-refractivity contribution in [2.45, 2.75) is 26.3 Å². The van der Waals surface area contributed by atoms with Gasteiger partial charge in [0.1, 0.15) is 17.8 Å². The third kappa shape index (κ3) is 4.85. The number of benzene rings is 2. The van der Waals surface area contributed by atoms with Gasteiger partial charge in [-0.2, -0.15) is 0 Å². The van der Waals surface area contributed by atoms with E-state index in [-0.39, 0.29) is 11.9 Å². The minimum atomic E-state index is -0.0973. The fourth-order valence-corrected chi connectivity index (χ4v) is 2.55. The number of nitrogens with zero attached hydrogens (tertiary/aromatic N) is 2. The summed E-state index contributed by atoms with van der Waals surface area (Å²) in [6, 6.07) is 16.5. The highest BCUT2D eigenvalue weighted by Gasteiger charge is 2.11. The Balaban J connectivity index is 1.79. The normalized spacial score (nSPS) is 11.5. The lowest BCUT2D eigenvalue weighted by molar-refractivity contribution is 0.0939. The molecule has 0 aliphatic heterocycles. The molecule has 2 aromatic carbocycles. The lowest BCUT2D eigenvalue weighted by atomic mass is 10.1. The first-order valence-corrected chi connectivity index (χ1v) is 9.14. The molecule has 6 heteroatoms. The summed E-state index contributed by atoms with van der Waals surface area (Å²) in [7, 11) is 1.61. The number of carbonyl (C=O) groups is 1. The van der Waals surface area contributed by atoms with Gasteiger partial charge >= 0.3 is 0 Å². The summed E-state index contributed by atoms with van der Waals surface area (Å²) in [5.41, 5.74) is 2.09. The van der Waals surface area contributed by atoms with Crippen LogP contribution in [0, 0.1) is 0 Å². The number of amides is 1. The van der Waals surface area contributed by atoms with Gasteiger partial charge in [0.25, 0.3) is 5.91 Å². The van der Waals surface area contributed by atoms with Crippen LogP contribution >= 0.6 is 0 Å². The van der Waals surface area contributed by atoms with Gasteiger partial charge in [0.05, 0.1) is 12.8 Å². The van der Waals surface area contributed by atoms with E-state index in [2.05, 4.69) is 15.3 Å². The molecule has 0 saturated carbocycles. The van der Waals surface area contributed by atoms with Crippen LogP contribution in [0.3, 0.4) is 0 Å². The summed E-state index contributed by atoms with van der Waals surface area (Å²) in [5, 5.41) is 2.97. The van der Waals surface area contributed by atoms with Gasteiger partial charge in [0.15, 0.2) is 0 Å². The zero-order valence-corrected chi connectivity index (χ0v) is 16.2. The zero-order valence-electron chi connectivity index (χ0n) is 16.2. The molecular weight excluding hydrogens is 354 g/mol. The third-order valence-electron chi connectivity index (χ3n) is 4.33. The Morgan fingerprint density at radius 2 is 1.82 bits per heavy atom. The third-order valence-corrected chi connectivity index (χ3v) is 4.33. The molecule has 144 valence electrons. The molecule has 0 spiro atoms. The number of hydrogen-bond donors (Lipinski definition) is 1. The predicted molar refractivity (Wildman–Crippen MR) is 108 cm³/mol. The summed E-state index contributed by atoms with van der Waals surface area (Å²) in [6.07, 6.45) is 2.32. The number of ether oxygens (including phenoxy) is 2. The summed E-state index contributed by atoms with van der Waals surface area (Å²) in [5.74, 6) is 1.72. The molecule has 0 unspecified atom stereocenters. The van der Waals surface area contributed by atoms with Gasteiger partial charge in [-0.1, -0.05) is 19.1 Å². The number of rotatable bonds is 7. The Labute approximate surface area is 164 Å². The van der Waals surface area contributed by atoms with Crippen LogP contribution in [0.1, 0.15) is 30.6 Å². The Morgan fingerprint density at radius 1 is 1.07 bits per heavy atom. The SMILES string of the molecule is CC[C@H](C)NC(=O)c1cccc(-c2cc(Oc3ccc(OC)cc3)ncn2)c1. The maximum Gasteiger partial charge on any atom is 0.251 e. The number of nitrogens with one attached hydrogen (secondary N) is 1. The first kappa shape index (κ1) is 19.4. The smallest absolute Gasteiger partial charge is 0.251 e. The lowest BCUT2D eigenvalue weighted by Gasteiger charge is -2.12. The van der Waals surface area contributed by atoms with Crippen molar-refractivity contribution < 1.29 is 14.3 Å². The van der Waals surface area contributed by atoms with Crippen molar-refractivity contribution in [3.63, 3.8) is 0 Å². The van der Waals surface area contributed by atoms with Gasteiger partial charge < -0.3 is 14.8 Å². The molecule has 1 aromatic heterocycles. The number of aromatic nitrogens is 2. The van der Waals surface area contributed by atoms with Gasteiger partial charge in [-0.05, 0) is 49.7 Å². The van der Waals surface area contributed by atoms with E-state index in [0.717, 1.165) is 17.7 Å². The van der Waals surface area contributed by atoms with Crippen LogP contribution in [0.15, 0.2) is 60.9 Å². The Bertz CT molecular complexity index is 942. The van der Waals surface area contributed by atoms with E-state index in [9.17, 15) is 4.79 Å². The van der Waals surface area contributed by atoms with Crippen LogP contribution in [-0.2, 0) is 0 Å². The van der Waals surface area contributed by atoms with Gasteiger partial charge in [-0.15, -0.1) is 0 Å². The maximum atomic E-state index is 12.4. The van der Waals surface area contributed by atoms with E-state index in [0.29, 0.717) is 22.9 Å². The molecule has 0 aliphatic carbocycles. The molecule has 1 heterocycles. The van der Waals surface area contributed by atoms with Gasteiger partial charge in [0.2, 0.25) is 5.88 Å². The summed E-state index contributed by atoms with van der Waals surface area (Å²) >= 11 is 0. The summed E-state index contributed by atoms with van der Waals surface area (Å²) in [6.45, 7) is 4.02. The Hall–Kier alpha value is -3.41. The van der Waals surface area contributed by atoms with Crippen LogP contribution < -0.4 is 14.8 Å². The van der Waals surface area contributed by atoms with Crippen molar-refractivity contribution in [1.29, 1.82) is 0 Å². The second kappa shape index (κ2) is 8.99. The molecule has 6 nitrogen and oxygen atoms in total. The number of hydrogen-bond acceptors (Lipinski definition) is 5. The first-order valence-electron chi connectivity index (χ1n) is 9.14. The fraction of sp³-hybridized carbons (Fsp3) is 0.227. The maximum absolute atomic E-state index is 12.4. The minimum Gasteiger partial charge on any atom is -0.497 e. The highest BCUT2D eigenvalue weighted by atomic mass is 16.5. The van der Waals surface area contributed by atoms with Crippen LogP contribution in [-0.4, -0.2) is 29.0 Å². The molecular formula is C22H23N3O3. The van der Waals surface area contributed by atoms with Crippen molar-refractivity contribution in [2.24, 2.45) is 0 Å². The second-order valence-corrected chi connectivity index (χ2v) is 6.38. The van der Waals surface area contributed by atoms with E-state index in [1.54, 1.807) is 31.4 Å². The number of methoxy groups -OCH3 is 1. The topological polar surface area (TPSA) is 73.3 Å². The first-order chi connectivity index (χ1) is 13.6. The van der Waals surface area contributed by atoms with Crippen molar-refractivity contribution in [1.82, 2.24) is 15.3 Å². The van der Waals surface area contributed by atoms with Crippen molar-refractivity contribution in [3.05, 3.63) is 66.5 Å². The molecule has 0 radical (unpaired) electrons. The molecule has 1 atom stereocenters. The highest BCUT2D eigenvalue weighted by Crippen LogP contribution is 2.25. The molecule has 0 bridgehead atoms. The van der Waals surface area contributed by atoms with E-state index < -0.39 is 0 Å². The van der Waals surface area contributed by atoms with E-state index >= 15 is 0 Å². The van der Waals surface area contributed by atoms with Crippen LogP contribution in [0.5, 0.6) is 17.4 Å². The van der Waals surface area contributed by atoms with E-state index in [1.807, 2.05) is 44.2 Å². The second-order valence-electron chi connectivity index (χ2n) is 6.38. The summed E-state index contributed by atoms with van der Waals surface area (Å²) < 4.78 is 10.9. The average Bonchev–Trinajstić information content (AvgIpc) is 2.74. The molecule has 3 aromatic rings. The molecule has 0 aliphatic rings. The molecule has 28 heavy (non-hydrogen) atoms. The monoisotopic (exact) mass is 377 g/mol. The van der Waals surface area contributed by atoms with Crippen LogP contribution in [0.2, 0.25) is 0 Å². The van der Waals surface area contributed by atoms with E-state index in [4.69, 9.17) is 9.47 Å². The molecule has 0 saturated heterocycles. The largest absolute Gasteiger partial charge is 0.497 e. The Kier molecular flexibility index (Phi) is 6.22. The molecule has 1 amide bonds. The molecule has 1 N–H and O–H groups in total. The molecule has 3 rings (SSSR count). The number of carbonyl (C=O) groups excluding carboxylic acids is 1. The van der Waals surface area contributed by atoms with Crippen LogP contribution in [0.4, 0.5) is 0 Å². The lowest BCUT2D eigenvalue weighted by Crippen LogP contribution is -2.31. The predicted octanol–water partition coefficient (Wildman–Crippen LogP) is 4.47.